The van der Waals surface area contributed by atoms with E-state index in [4.69, 9.17) is 4.74 Å². The van der Waals surface area contributed by atoms with Crippen LogP contribution in [0.3, 0.4) is 0 Å². The first-order chi connectivity index (χ1) is 10.3. The highest BCUT2D eigenvalue weighted by molar-refractivity contribution is 9.10. The fourth-order valence-electron chi connectivity index (χ4n) is 2.46. The number of benzene rings is 2. The van der Waals surface area contributed by atoms with Crippen LogP contribution in [-0.4, -0.2) is 37.1 Å². The van der Waals surface area contributed by atoms with Crippen molar-refractivity contribution in [3.05, 3.63) is 58.6 Å². The fourth-order valence-corrected chi connectivity index (χ4v) is 2.98. The molecule has 1 aliphatic rings. The van der Waals surface area contributed by atoms with Crippen molar-refractivity contribution in [1.82, 2.24) is 4.90 Å². The Morgan fingerprint density at radius 1 is 1.05 bits per heavy atom. The van der Waals surface area contributed by atoms with Gasteiger partial charge in [-0.3, -0.25) is 4.79 Å². The molecule has 0 radical (unpaired) electrons. The lowest BCUT2D eigenvalue weighted by Crippen LogP contribution is -2.40. The predicted molar refractivity (Wildman–Crippen MR) is 86.3 cm³/mol. The second kappa shape index (κ2) is 6.41. The lowest BCUT2D eigenvalue weighted by molar-refractivity contribution is 0.0303. The Balaban J connectivity index is 1.89. The molecule has 1 saturated heterocycles. The van der Waals surface area contributed by atoms with Crippen molar-refractivity contribution in [2.24, 2.45) is 0 Å². The van der Waals surface area contributed by atoms with E-state index in [1.54, 1.807) is 0 Å². The molecule has 0 bridgehead atoms. The SMILES string of the molecule is O=C(c1cccc(-c2ccccc2Br)c1)N1CCOCC1. The summed E-state index contributed by atoms with van der Waals surface area (Å²) in [6.07, 6.45) is 0. The van der Waals surface area contributed by atoms with E-state index in [1.807, 2.05) is 53.4 Å². The molecule has 1 fully saturated rings. The maximum absolute atomic E-state index is 12.5. The molecule has 0 N–H and O–H groups in total. The van der Waals surface area contributed by atoms with Gasteiger partial charge < -0.3 is 9.64 Å². The minimum Gasteiger partial charge on any atom is -0.378 e. The van der Waals surface area contributed by atoms with Gasteiger partial charge in [0.15, 0.2) is 0 Å². The molecule has 108 valence electrons. The van der Waals surface area contributed by atoms with E-state index in [-0.39, 0.29) is 5.91 Å². The zero-order valence-corrected chi connectivity index (χ0v) is 13.2. The van der Waals surface area contributed by atoms with Gasteiger partial charge in [-0.05, 0) is 29.3 Å². The van der Waals surface area contributed by atoms with Crippen LogP contribution in [0.25, 0.3) is 11.1 Å². The van der Waals surface area contributed by atoms with Crippen molar-refractivity contribution in [1.29, 1.82) is 0 Å². The summed E-state index contributed by atoms with van der Waals surface area (Å²) >= 11 is 3.56. The number of rotatable bonds is 2. The van der Waals surface area contributed by atoms with E-state index in [0.717, 1.165) is 21.2 Å². The summed E-state index contributed by atoms with van der Waals surface area (Å²) in [5.74, 6) is 0.0761. The number of ether oxygens (including phenoxy) is 1. The van der Waals surface area contributed by atoms with Crippen molar-refractivity contribution in [3.63, 3.8) is 0 Å². The molecule has 1 aliphatic heterocycles. The molecule has 3 nitrogen and oxygen atoms in total. The first-order valence-corrected chi connectivity index (χ1v) is 7.77. The molecular formula is C17H16BrNO2. The first kappa shape index (κ1) is 14.3. The third-order valence-electron chi connectivity index (χ3n) is 3.59. The highest BCUT2D eigenvalue weighted by Gasteiger charge is 2.18. The molecule has 21 heavy (non-hydrogen) atoms. The van der Waals surface area contributed by atoms with Gasteiger partial charge in [0.05, 0.1) is 13.2 Å². The summed E-state index contributed by atoms with van der Waals surface area (Å²) in [5.41, 5.74) is 2.86. The van der Waals surface area contributed by atoms with Crippen LogP contribution < -0.4 is 0 Å². The number of halogens is 1. The zero-order chi connectivity index (χ0) is 14.7. The van der Waals surface area contributed by atoms with E-state index in [2.05, 4.69) is 15.9 Å². The first-order valence-electron chi connectivity index (χ1n) is 6.98. The maximum Gasteiger partial charge on any atom is 0.254 e. The van der Waals surface area contributed by atoms with Crippen molar-refractivity contribution in [2.45, 2.75) is 0 Å². The highest BCUT2D eigenvalue weighted by atomic mass is 79.9. The molecule has 3 rings (SSSR count). The van der Waals surface area contributed by atoms with Gasteiger partial charge in [-0.25, -0.2) is 0 Å². The number of amides is 1. The van der Waals surface area contributed by atoms with Crippen LogP contribution in [0.2, 0.25) is 0 Å². The molecule has 0 unspecified atom stereocenters. The van der Waals surface area contributed by atoms with Crippen LogP contribution in [0.5, 0.6) is 0 Å². The van der Waals surface area contributed by atoms with Gasteiger partial charge in [0.1, 0.15) is 0 Å². The number of carbonyl (C=O) groups excluding carboxylic acids is 1. The Labute approximate surface area is 132 Å². The van der Waals surface area contributed by atoms with Crippen LogP contribution >= 0.6 is 15.9 Å². The summed E-state index contributed by atoms with van der Waals surface area (Å²) in [7, 11) is 0. The average molecular weight is 346 g/mol. The van der Waals surface area contributed by atoms with Crippen LogP contribution in [0, 0.1) is 0 Å². The van der Waals surface area contributed by atoms with Gasteiger partial charge in [-0.1, -0.05) is 46.3 Å². The number of hydrogen-bond donors (Lipinski definition) is 0. The van der Waals surface area contributed by atoms with Crippen LogP contribution in [0.1, 0.15) is 10.4 Å². The number of hydrogen-bond acceptors (Lipinski definition) is 2. The third kappa shape index (κ3) is 3.17. The molecule has 0 aliphatic carbocycles. The monoisotopic (exact) mass is 345 g/mol. The van der Waals surface area contributed by atoms with Crippen LogP contribution in [0.4, 0.5) is 0 Å². The van der Waals surface area contributed by atoms with Gasteiger partial charge in [-0.2, -0.15) is 0 Å². The van der Waals surface area contributed by atoms with Crippen molar-refractivity contribution in [2.75, 3.05) is 26.3 Å². The third-order valence-corrected chi connectivity index (χ3v) is 4.28. The number of morpholine rings is 1. The molecule has 0 saturated carbocycles. The van der Waals surface area contributed by atoms with Crippen molar-refractivity contribution >= 4 is 21.8 Å². The summed E-state index contributed by atoms with van der Waals surface area (Å²) < 4.78 is 6.32. The summed E-state index contributed by atoms with van der Waals surface area (Å²) in [6, 6.07) is 15.8. The molecule has 4 heteroatoms. The Bertz CT molecular complexity index is 651. The van der Waals surface area contributed by atoms with E-state index in [0.29, 0.717) is 26.3 Å². The molecule has 2 aromatic rings. The summed E-state index contributed by atoms with van der Waals surface area (Å²) in [4.78, 5) is 14.4. The van der Waals surface area contributed by atoms with E-state index in [1.165, 1.54) is 0 Å². The predicted octanol–water partition coefficient (Wildman–Crippen LogP) is 3.59. The molecule has 1 amide bonds. The molecule has 2 aromatic carbocycles. The highest BCUT2D eigenvalue weighted by Crippen LogP contribution is 2.28. The average Bonchev–Trinajstić information content (AvgIpc) is 2.55. The van der Waals surface area contributed by atoms with Crippen molar-refractivity contribution in [3.8, 4) is 11.1 Å². The number of nitrogens with zero attached hydrogens (tertiary/aromatic N) is 1. The van der Waals surface area contributed by atoms with E-state index < -0.39 is 0 Å². The summed E-state index contributed by atoms with van der Waals surface area (Å²) in [5, 5.41) is 0. The fraction of sp³-hybridized carbons (Fsp3) is 0.235. The quantitative estimate of drug-likeness (QED) is 0.832. The molecule has 0 aromatic heterocycles. The van der Waals surface area contributed by atoms with Crippen LogP contribution in [0.15, 0.2) is 53.0 Å². The van der Waals surface area contributed by atoms with E-state index in [9.17, 15) is 4.79 Å². The molecular weight excluding hydrogens is 330 g/mol. The van der Waals surface area contributed by atoms with Gasteiger partial charge in [-0.15, -0.1) is 0 Å². The Morgan fingerprint density at radius 2 is 1.81 bits per heavy atom. The Hall–Kier alpha value is -1.65. The molecule has 1 heterocycles. The molecule has 0 atom stereocenters. The second-order valence-corrected chi connectivity index (χ2v) is 5.82. The minimum absolute atomic E-state index is 0.0761. The normalized spacial score (nSPS) is 15.0. The Morgan fingerprint density at radius 3 is 2.57 bits per heavy atom. The second-order valence-electron chi connectivity index (χ2n) is 4.97. The number of carbonyl (C=O) groups is 1. The lowest BCUT2D eigenvalue weighted by Gasteiger charge is -2.27. The van der Waals surface area contributed by atoms with Crippen LogP contribution in [-0.2, 0) is 4.74 Å². The minimum atomic E-state index is 0.0761. The smallest absolute Gasteiger partial charge is 0.254 e. The van der Waals surface area contributed by atoms with Gasteiger partial charge in [0.2, 0.25) is 0 Å². The van der Waals surface area contributed by atoms with Gasteiger partial charge in [0.25, 0.3) is 5.91 Å². The standard InChI is InChI=1S/C17H16BrNO2/c18-16-7-2-1-6-15(16)13-4-3-5-14(12-13)17(20)19-8-10-21-11-9-19/h1-7,12H,8-11H2. The summed E-state index contributed by atoms with van der Waals surface area (Å²) in [6.45, 7) is 2.57. The van der Waals surface area contributed by atoms with Gasteiger partial charge in [0, 0.05) is 23.1 Å². The lowest BCUT2D eigenvalue weighted by atomic mass is 10.0. The zero-order valence-electron chi connectivity index (χ0n) is 11.6. The Kier molecular flexibility index (Phi) is 4.36. The topological polar surface area (TPSA) is 29.5 Å². The van der Waals surface area contributed by atoms with Gasteiger partial charge >= 0.3 is 0 Å². The maximum atomic E-state index is 12.5. The molecule has 0 spiro atoms. The van der Waals surface area contributed by atoms with E-state index >= 15 is 0 Å². The largest absolute Gasteiger partial charge is 0.378 e. The van der Waals surface area contributed by atoms with Crippen molar-refractivity contribution < 1.29 is 9.53 Å².